The zero-order chi connectivity index (χ0) is 16.6. The summed E-state index contributed by atoms with van der Waals surface area (Å²) in [5, 5.41) is 12.1. The van der Waals surface area contributed by atoms with E-state index in [1.54, 1.807) is 6.92 Å². The van der Waals surface area contributed by atoms with Crippen molar-refractivity contribution in [3.05, 3.63) is 28.4 Å². The van der Waals surface area contributed by atoms with Crippen LogP contribution < -0.4 is 5.56 Å². The van der Waals surface area contributed by atoms with E-state index in [4.69, 9.17) is 0 Å². The van der Waals surface area contributed by atoms with Gasteiger partial charge in [0.1, 0.15) is 11.9 Å². The van der Waals surface area contributed by atoms with Crippen LogP contribution in [0.2, 0.25) is 0 Å². The molecule has 1 fully saturated rings. The number of carbonyl (C=O) groups is 2. The van der Waals surface area contributed by atoms with Crippen molar-refractivity contribution in [3.63, 3.8) is 0 Å². The molecule has 3 rings (SSSR count). The van der Waals surface area contributed by atoms with Gasteiger partial charge in [-0.2, -0.15) is 4.52 Å². The summed E-state index contributed by atoms with van der Waals surface area (Å²) in [7, 11) is 0. The van der Waals surface area contributed by atoms with Crippen molar-refractivity contribution >= 4 is 17.7 Å². The number of aliphatic carboxylic acids is 1. The lowest BCUT2D eigenvalue weighted by atomic mass is 9.77. The van der Waals surface area contributed by atoms with Gasteiger partial charge in [0.25, 0.3) is 17.2 Å². The summed E-state index contributed by atoms with van der Waals surface area (Å²) in [4.78, 5) is 45.8. The van der Waals surface area contributed by atoms with Gasteiger partial charge < -0.3 is 10.0 Å². The Hall–Kier alpha value is -2.71. The first-order valence-electron chi connectivity index (χ1n) is 7.42. The second-order valence-electron chi connectivity index (χ2n) is 5.77. The highest BCUT2D eigenvalue weighted by Gasteiger charge is 2.42. The number of hydrogen-bond acceptors (Lipinski definition) is 5. The average molecular weight is 319 g/mol. The third kappa shape index (κ3) is 2.37. The molecule has 2 N–H and O–H groups in total. The number of likely N-dealkylation sites (tertiary alicyclic amines) is 1. The van der Waals surface area contributed by atoms with Crippen molar-refractivity contribution in [1.82, 2.24) is 24.5 Å². The van der Waals surface area contributed by atoms with Crippen LogP contribution >= 0.6 is 0 Å². The summed E-state index contributed by atoms with van der Waals surface area (Å²) in [6.45, 7) is 2.33. The fourth-order valence-corrected chi connectivity index (χ4v) is 3.03. The first-order valence-corrected chi connectivity index (χ1v) is 7.42. The van der Waals surface area contributed by atoms with Crippen molar-refractivity contribution in [3.8, 4) is 0 Å². The summed E-state index contributed by atoms with van der Waals surface area (Å²) in [5.41, 5.74) is -1.58. The van der Waals surface area contributed by atoms with E-state index in [9.17, 15) is 19.5 Å². The minimum Gasteiger partial charge on any atom is -0.481 e. The lowest BCUT2D eigenvalue weighted by Gasteiger charge is -2.39. The normalized spacial score (nSPS) is 21.5. The van der Waals surface area contributed by atoms with Gasteiger partial charge in [-0.3, -0.25) is 19.5 Å². The van der Waals surface area contributed by atoms with E-state index in [1.165, 1.54) is 17.4 Å². The zero-order valence-electron chi connectivity index (χ0n) is 12.7. The number of aromatic amines is 1. The SMILES string of the molecule is CCC1(C(=O)O)CCCN(C(=O)c2cnc3nc[nH]n3c2=O)C1. The van der Waals surface area contributed by atoms with Crippen LogP contribution in [0.15, 0.2) is 17.3 Å². The number of nitrogens with one attached hydrogen (secondary N) is 1. The molecule has 0 aliphatic carbocycles. The smallest absolute Gasteiger partial charge is 0.311 e. The van der Waals surface area contributed by atoms with E-state index < -0.39 is 22.9 Å². The molecule has 23 heavy (non-hydrogen) atoms. The molecule has 0 aromatic carbocycles. The molecule has 1 saturated heterocycles. The topological polar surface area (TPSA) is 121 Å². The first kappa shape index (κ1) is 15.2. The fraction of sp³-hybridized carbons (Fsp3) is 0.500. The molecule has 0 saturated carbocycles. The summed E-state index contributed by atoms with van der Waals surface area (Å²) < 4.78 is 1.08. The second kappa shape index (κ2) is 5.49. The third-order valence-electron chi connectivity index (χ3n) is 4.53. The Bertz CT molecular complexity index is 826. The van der Waals surface area contributed by atoms with Crippen molar-refractivity contribution in [2.24, 2.45) is 5.41 Å². The fourth-order valence-electron chi connectivity index (χ4n) is 3.03. The van der Waals surface area contributed by atoms with Gasteiger partial charge in [0.05, 0.1) is 5.41 Å². The van der Waals surface area contributed by atoms with Crippen LogP contribution in [0.4, 0.5) is 0 Å². The zero-order valence-corrected chi connectivity index (χ0v) is 12.7. The van der Waals surface area contributed by atoms with Gasteiger partial charge in [0.15, 0.2) is 0 Å². The first-order chi connectivity index (χ1) is 11.0. The van der Waals surface area contributed by atoms with Crippen LogP contribution in [0.5, 0.6) is 0 Å². The lowest BCUT2D eigenvalue weighted by molar-refractivity contribution is -0.152. The number of aromatic nitrogens is 4. The molecule has 1 aliphatic heterocycles. The number of rotatable bonds is 3. The molecule has 1 unspecified atom stereocenters. The molecule has 0 radical (unpaired) electrons. The standard InChI is InChI=1S/C14H17N5O4/c1-2-14(12(22)23)4-3-5-18(7-14)10(20)9-6-15-13-16-8-17-19(13)11(9)21/h6,8H,2-5,7H2,1H3,(H,22,23)(H,15,16,17). The molecule has 3 heterocycles. The molecular formula is C14H17N5O4. The van der Waals surface area contributed by atoms with Gasteiger partial charge in [-0.15, -0.1) is 0 Å². The Morgan fingerprint density at radius 1 is 1.43 bits per heavy atom. The van der Waals surface area contributed by atoms with E-state index in [2.05, 4.69) is 15.1 Å². The molecule has 9 heteroatoms. The van der Waals surface area contributed by atoms with Crippen LogP contribution in [0.3, 0.4) is 0 Å². The Labute approximate surface area is 130 Å². The quantitative estimate of drug-likeness (QED) is 0.830. The molecule has 0 bridgehead atoms. The minimum absolute atomic E-state index is 0.0935. The Morgan fingerprint density at radius 3 is 2.91 bits per heavy atom. The lowest BCUT2D eigenvalue weighted by Crippen LogP contribution is -2.50. The van der Waals surface area contributed by atoms with Gasteiger partial charge in [0.2, 0.25) is 0 Å². The van der Waals surface area contributed by atoms with Crippen LogP contribution in [0.1, 0.15) is 36.5 Å². The van der Waals surface area contributed by atoms with E-state index in [0.29, 0.717) is 25.8 Å². The van der Waals surface area contributed by atoms with Gasteiger partial charge in [0, 0.05) is 19.3 Å². The van der Waals surface area contributed by atoms with Crippen molar-refractivity contribution in [2.75, 3.05) is 13.1 Å². The Balaban J connectivity index is 1.94. The number of carboxylic acids is 1. The highest BCUT2D eigenvalue weighted by atomic mass is 16.4. The number of carboxylic acid groups (broad SMARTS) is 1. The maximum Gasteiger partial charge on any atom is 0.311 e. The van der Waals surface area contributed by atoms with Crippen molar-refractivity contribution in [1.29, 1.82) is 0 Å². The molecular weight excluding hydrogens is 302 g/mol. The van der Waals surface area contributed by atoms with Gasteiger partial charge in [-0.1, -0.05) is 6.92 Å². The Kier molecular flexibility index (Phi) is 3.63. The number of amides is 1. The van der Waals surface area contributed by atoms with E-state index >= 15 is 0 Å². The molecule has 2 aromatic heterocycles. The van der Waals surface area contributed by atoms with Crippen LogP contribution in [0.25, 0.3) is 5.78 Å². The molecule has 122 valence electrons. The molecule has 1 atom stereocenters. The highest BCUT2D eigenvalue weighted by molar-refractivity contribution is 5.94. The summed E-state index contributed by atoms with van der Waals surface area (Å²) in [6.07, 6.45) is 4.06. The maximum atomic E-state index is 12.7. The predicted molar refractivity (Wildman–Crippen MR) is 79.1 cm³/mol. The molecule has 1 amide bonds. The van der Waals surface area contributed by atoms with Crippen LogP contribution in [0, 0.1) is 5.41 Å². The monoisotopic (exact) mass is 319 g/mol. The number of nitrogens with zero attached hydrogens (tertiary/aromatic N) is 4. The number of hydrogen-bond donors (Lipinski definition) is 2. The van der Waals surface area contributed by atoms with Crippen LogP contribution in [-0.4, -0.2) is 54.6 Å². The summed E-state index contributed by atoms with van der Waals surface area (Å²) in [6, 6.07) is 0. The highest BCUT2D eigenvalue weighted by Crippen LogP contribution is 2.34. The van der Waals surface area contributed by atoms with E-state index in [0.717, 1.165) is 4.52 Å². The van der Waals surface area contributed by atoms with Gasteiger partial charge >= 0.3 is 5.97 Å². The largest absolute Gasteiger partial charge is 0.481 e. The van der Waals surface area contributed by atoms with Gasteiger partial charge in [-0.05, 0) is 19.3 Å². The number of piperidine rings is 1. The Morgan fingerprint density at radius 2 is 2.22 bits per heavy atom. The minimum atomic E-state index is -0.949. The van der Waals surface area contributed by atoms with E-state index in [-0.39, 0.29) is 17.9 Å². The van der Waals surface area contributed by atoms with Crippen molar-refractivity contribution < 1.29 is 14.7 Å². The van der Waals surface area contributed by atoms with E-state index in [1.807, 2.05) is 0 Å². The maximum absolute atomic E-state index is 12.7. The summed E-state index contributed by atoms with van der Waals surface area (Å²) in [5.74, 6) is -1.22. The van der Waals surface area contributed by atoms with Crippen LogP contribution in [-0.2, 0) is 4.79 Å². The molecule has 1 aliphatic rings. The second-order valence-corrected chi connectivity index (χ2v) is 5.77. The number of fused-ring (bicyclic) bond motifs is 1. The van der Waals surface area contributed by atoms with Gasteiger partial charge in [-0.25, -0.2) is 9.97 Å². The number of carbonyl (C=O) groups excluding carboxylic acids is 1. The molecule has 2 aromatic rings. The average Bonchev–Trinajstić information content (AvgIpc) is 3.04. The predicted octanol–water partition coefficient (Wildman–Crippen LogP) is 0.135. The number of H-pyrrole nitrogens is 1. The third-order valence-corrected chi connectivity index (χ3v) is 4.53. The summed E-state index contributed by atoms with van der Waals surface area (Å²) >= 11 is 0. The molecule has 0 spiro atoms. The molecule has 9 nitrogen and oxygen atoms in total. The van der Waals surface area contributed by atoms with Crippen molar-refractivity contribution in [2.45, 2.75) is 26.2 Å².